The van der Waals surface area contributed by atoms with E-state index in [9.17, 15) is 4.79 Å². The summed E-state index contributed by atoms with van der Waals surface area (Å²) < 4.78 is 5.76. The Morgan fingerprint density at radius 2 is 2.22 bits per heavy atom. The van der Waals surface area contributed by atoms with E-state index in [4.69, 9.17) is 10.5 Å². The van der Waals surface area contributed by atoms with Gasteiger partial charge in [-0.2, -0.15) is 0 Å². The van der Waals surface area contributed by atoms with Crippen molar-refractivity contribution in [2.45, 2.75) is 51.6 Å². The second-order valence-corrected chi connectivity index (χ2v) is 5.33. The zero-order valence-electron chi connectivity index (χ0n) is 11.9. The Kier molecular flexibility index (Phi) is 7.28. The lowest BCUT2D eigenvalue weighted by Crippen LogP contribution is -2.34. The van der Waals surface area contributed by atoms with Crippen molar-refractivity contribution in [2.75, 3.05) is 26.7 Å². The molecule has 0 heterocycles. The molecule has 0 radical (unpaired) electrons. The SMILES string of the molecule is CCC1CCCC(OCC(=O)N(C)CCCN)C1. The van der Waals surface area contributed by atoms with Crippen LogP contribution in [0.4, 0.5) is 0 Å². The van der Waals surface area contributed by atoms with Crippen molar-refractivity contribution < 1.29 is 9.53 Å². The number of hydrogen-bond acceptors (Lipinski definition) is 3. The zero-order chi connectivity index (χ0) is 13.4. The first-order chi connectivity index (χ1) is 8.67. The van der Waals surface area contributed by atoms with Gasteiger partial charge in [0.05, 0.1) is 6.10 Å². The molecule has 0 aliphatic heterocycles. The van der Waals surface area contributed by atoms with Gasteiger partial charge in [-0.3, -0.25) is 4.79 Å². The minimum atomic E-state index is 0.0714. The molecule has 2 unspecified atom stereocenters. The number of ether oxygens (including phenoxy) is 1. The van der Waals surface area contributed by atoms with Gasteiger partial charge in [-0.25, -0.2) is 0 Å². The highest BCUT2D eigenvalue weighted by Gasteiger charge is 2.22. The molecule has 0 aromatic heterocycles. The van der Waals surface area contributed by atoms with Crippen molar-refractivity contribution in [1.29, 1.82) is 0 Å². The molecule has 4 heteroatoms. The van der Waals surface area contributed by atoms with E-state index in [1.807, 2.05) is 7.05 Å². The fourth-order valence-electron chi connectivity index (χ4n) is 2.52. The summed E-state index contributed by atoms with van der Waals surface area (Å²) in [6.07, 6.45) is 7.15. The number of carbonyl (C=O) groups excluding carboxylic acids is 1. The summed E-state index contributed by atoms with van der Waals surface area (Å²) >= 11 is 0. The highest BCUT2D eigenvalue weighted by Crippen LogP contribution is 2.28. The summed E-state index contributed by atoms with van der Waals surface area (Å²) in [4.78, 5) is 13.5. The summed E-state index contributed by atoms with van der Waals surface area (Å²) in [5.41, 5.74) is 5.43. The average molecular weight is 256 g/mol. The van der Waals surface area contributed by atoms with Gasteiger partial charge in [-0.15, -0.1) is 0 Å². The van der Waals surface area contributed by atoms with E-state index in [1.165, 1.54) is 19.3 Å². The number of nitrogens with two attached hydrogens (primary N) is 1. The largest absolute Gasteiger partial charge is 0.368 e. The summed E-state index contributed by atoms with van der Waals surface area (Å²) in [5.74, 6) is 0.857. The fraction of sp³-hybridized carbons (Fsp3) is 0.929. The number of rotatable bonds is 7. The van der Waals surface area contributed by atoms with E-state index >= 15 is 0 Å². The van der Waals surface area contributed by atoms with Crippen LogP contribution in [0.5, 0.6) is 0 Å². The van der Waals surface area contributed by atoms with Gasteiger partial charge in [0.25, 0.3) is 0 Å². The Morgan fingerprint density at radius 1 is 1.44 bits per heavy atom. The van der Waals surface area contributed by atoms with Crippen LogP contribution in [-0.4, -0.2) is 43.7 Å². The van der Waals surface area contributed by atoms with Gasteiger partial charge >= 0.3 is 0 Å². The molecule has 0 saturated heterocycles. The molecule has 18 heavy (non-hydrogen) atoms. The van der Waals surface area contributed by atoms with Crippen LogP contribution in [0.15, 0.2) is 0 Å². The molecule has 2 N–H and O–H groups in total. The van der Waals surface area contributed by atoms with Crippen molar-refractivity contribution in [3.05, 3.63) is 0 Å². The van der Waals surface area contributed by atoms with Gasteiger partial charge in [-0.05, 0) is 31.7 Å². The molecule has 1 aliphatic rings. The summed E-state index contributed by atoms with van der Waals surface area (Å²) in [6, 6.07) is 0. The number of carbonyl (C=O) groups is 1. The van der Waals surface area contributed by atoms with Crippen LogP contribution in [0.1, 0.15) is 45.4 Å². The monoisotopic (exact) mass is 256 g/mol. The van der Waals surface area contributed by atoms with Crippen LogP contribution in [0.3, 0.4) is 0 Å². The van der Waals surface area contributed by atoms with E-state index in [0.717, 1.165) is 31.7 Å². The Hall–Kier alpha value is -0.610. The van der Waals surface area contributed by atoms with E-state index in [1.54, 1.807) is 4.90 Å². The standard InChI is InChI=1S/C14H28N2O2/c1-3-12-6-4-7-13(10-12)18-11-14(17)16(2)9-5-8-15/h12-13H,3-11,15H2,1-2H3. The Balaban J connectivity index is 2.21. The van der Waals surface area contributed by atoms with Gasteiger partial charge in [0, 0.05) is 13.6 Å². The normalized spacial score (nSPS) is 23.9. The van der Waals surface area contributed by atoms with Gasteiger partial charge in [-0.1, -0.05) is 26.2 Å². The zero-order valence-corrected chi connectivity index (χ0v) is 11.9. The smallest absolute Gasteiger partial charge is 0.248 e. The molecule has 0 spiro atoms. The fourth-order valence-corrected chi connectivity index (χ4v) is 2.52. The molecule has 4 nitrogen and oxygen atoms in total. The second kappa shape index (κ2) is 8.48. The van der Waals surface area contributed by atoms with Crippen LogP contribution in [0, 0.1) is 5.92 Å². The average Bonchev–Trinajstić information content (AvgIpc) is 2.42. The van der Waals surface area contributed by atoms with Crippen LogP contribution < -0.4 is 5.73 Å². The molecule has 1 fully saturated rings. The lowest BCUT2D eigenvalue weighted by atomic mass is 9.85. The molecule has 0 bridgehead atoms. The van der Waals surface area contributed by atoms with Crippen molar-refractivity contribution in [3.63, 3.8) is 0 Å². The minimum absolute atomic E-state index is 0.0714. The van der Waals surface area contributed by atoms with Gasteiger partial charge < -0.3 is 15.4 Å². The molecular formula is C14H28N2O2. The van der Waals surface area contributed by atoms with Crippen LogP contribution >= 0.6 is 0 Å². The lowest BCUT2D eigenvalue weighted by Gasteiger charge is -2.28. The van der Waals surface area contributed by atoms with Crippen molar-refractivity contribution in [3.8, 4) is 0 Å². The lowest BCUT2D eigenvalue weighted by molar-refractivity contribution is -0.137. The maximum atomic E-state index is 11.8. The molecule has 1 amide bonds. The summed E-state index contributed by atoms with van der Waals surface area (Å²) in [5, 5.41) is 0. The molecule has 0 aromatic carbocycles. The number of hydrogen-bond donors (Lipinski definition) is 1. The quantitative estimate of drug-likeness (QED) is 0.755. The van der Waals surface area contributed by atoms with Gasteiger partial charge in [0.2, 0.25) is 5.91 Å². The van der Waals surface area contributed by atoms with Crippen molar-refractivity contribution in [2.24, 2.45) is 11.7 Å². The van der Waals surface area contributed by atoms with Crippen LogP contribution in [0.25, 0.3) is 0 Å². The Bertz CT molecular complexity index is 246. The van der Waals surface area contributed by atoms with Crippen molar-refractivity contribution >= 4 is 5.91 Å². The first kappa shape index (κ1) is 15.4. The molecule has 1 rings (SSSR count). The molecule has 1 saturated carbocycles. The molecule has 0 aromatic rings. The molecule has 2 atom stereocenters. The molecule has 1 aliphatic carbocycles. The second-order valence-electron chi connectivity index (χ2n) is 5.33. The third-order valence-electron chi connectivity index (χ3n) is 3.88. The first-order valence-corrected chi connectivity index (χ1v) is 7.23. The molecular weight excluding hydrogens is 228 g/mol. The summed E-state index contributed by atoms with van der Waals surface area (Å²) in [7, 11) is 1.82. The minimum Gasteiger partial charge on any atom is -0.368 e. The van der Waals surface area contributed by atoms with Gasteiger partial charge in [0.1, 0.15) is 6.61 Å². The predicted octanol–water partition coefficient (Wildman–Crippen LogP) is 1.78. The number of nitrogens with zero attached hydrogens (tertiary/aromatic N) is 1. The number of likely N-dealkylation sites (N-methyl/N-ethyl adjacent to an activating group) is 1. The van der Waals surface area contributed by atoms with Gasteiger partial charge in [0.15, 0.2) is 0 Å². The van der Waals surface area contributed by atoms with Crippen LogP contribution in [-0.2, 0) is 9.53 Å². The van der Waals surface area contributed by atoms with E-state index in [-0.39, 0.29) is 18.6 Å². The highest BCUT2D eigenvalue weighted by atomic mass is 16.5. The third-order valence-corrected chi connectivity index (χ3v) is 3.88. The van der Waals surface area contributed by atoms with E-state index in [0.29, 0.717) is 6.54 Å². The first-order valence-electron chi connectivity index (χ1n) is 7.23. The van der Waals surface area contributed by atoms with E-state index < -0.39 is 0 Å². The Morgan fingerprint density at radius 3 is 2.89 bits per heavy atom. The Labute approximate surface area is 111 Å². The highest BCUT2D eigenvalue weighted by molar-refractivity contribution is 5.77. The predicted molar refractivity (Wildman–Crippen MR) is 73.3 cm³/mol. The number of amides is 1. The maximum absolute atomic E-state index is 11.8. The van der Waals surface area contributed by atoms with Crippen molar-refractivity contribution in [1.82, 2.24) is 4.90 Å². The molecule has 106 valence electrons. The maximum Gasteiger partial charge on any atom is 0.248 e. The topological polar surface area (TPSA) is 55.6 Å². The van der Waals surface area contributed by atoms with Crippen LogP contribution in [0.2, 0.25) is 0 Å². The summed E-state index contributed by atoms with van der Waals surface area (Å²) in [6.45, 7) is 3.81. The third kappa shape index (κ3) is 5.36. The van der Waals surface area contributed by atoms with E-state index in [2.05, 4.69) is 6.92 Å².